The standard InChI is InChI=1S/C21H24BrN3O4/c1-13(2)19(24-20(26)14-8-6-5-7-9-14)21(27)25-23-12-15-10-16(22)18(29-4)11-17(15)28-3/h5-13,19H,1-4H3,(H,24,26)(H,25,27). The van der Waals surface area contributed by atoms with Crippen molar-refractivity contribution in [2.45, 2.75) is 19.9 Å². The molecule has 1 atom stereocenters. The zero-order chi connectivity index (χ0) is 21.4. The van der Waals surface area contributed by atoms with Crippen LogP contribution in [0.5, 0.6) is 11.5 Å². The fourth-order valence-electron chi connectivity index (χ4n) is 2.57. The van der Waals surface area contributed by atoms with Crippen LogP contribution in [0.4, 0.5) is 0 Å². The second-order valence-corrected chi connectivity index (χ2v) is 7.38. The summed E-state index contributed by atoms with van der Waals surface area (Å²) in [5.41, 5.74) is 3.62. The quantitative estimate of drug-likeness (QED) is 0.465. The van der Waals surface area contributed by atoms with Gasteiger partial charge in [0.1, 0.15) is 17.5 Å². The number of hydrogen-bond donors (Lipinski definition) is 2. The molecule has 2 N–H and O–H groups in total. The van der Waals surface area contributed by atoms with Crippen molar-refractivity contribution in [1.82, 2.24) is 10.7 Å². The van der Waals surface area contributed by atoms with Crippen molar-refractivity contribution in [2.24, 2.45) is 11.0 Å². The largest absolute Gasteiger partial charge is 0.496 e. The number of amides is 2. The molecular weight excluding hydrogens is 438 g/mol. The molecule has 0 saturated heterocycles. The second kappa shape index (κ2) is 10.6. The summed E-state index contributed by atoms with van der Waals surface area (Å²) in [6.45, 7) is 3.70. The maximum Gasteiger partial charge on any atom is 0.262 e. The molecule has 0 radical (unpaired) electrons. The number of carbonyl (C=O) groups is 2. The highest BCUT2D eigenvalue weighted by molar-refractivity contribution is 9.10. The molecule has 0 bridgehead atoms. The molecule has 29 heavy (non-hydrogen) atoms. The number of benzene rings is 2. The third-order valence-electron chi connectivity index (χ3n) is 4.15. The van der Waals surface area contributed by atoms with Crippen molar-refractivity contribution in [1.29, 1.82) is 0 Å². The summed E-state index contributed by atoms with van der Waals surface area (Å²) in [5.74, 6) is 0.311. The van der Waals surface area contributed by atoms with Crippen LogP contribution in [0.1, 0.15) is 29.8 Å². The summed E-state index contributed by atoms with van der Waals surface area (Å²) in [5, 5.41) is 6.77. The van der Waals surface area contributed by atoms with Crippen LogP contribution in [0.3, 0.4) is 0 Å². The monoisotopic (exact) mass is 461 g/mol. The zero-order valence-corrected chi connectivity index (χ0v) is 18.3. The molecule has 0 spiro atoms. The van der Waals surface area contributed by atoms with E-state index in [1.165, 1.54) is 13.3 Å². The lowest BCUT2D eigenvalue weighted by Gasteiger charge is -2.20. The highest BCUT2D eigenvalue weighted by Gasteiger charge is 2.24. The van der Waals surface area contributed by atoms with Crippen molar-refractivity contribution in [3.63, 3.8) is 0 Å². The number of hydrazone groups is 1. The predicted octanol–water partition coefficient (Wildman–Crippen LogP) is 3.37. The molecule has 0 aliphatic rings. The van der Waals surface area contributed by atoms with E-state index in [1.807, 2.05) is 19.9 Å². The highest BCUT2D eigenvalue weighted by atomic mass is 79.9. The summed E-state index contributed by atoms with van der Waals surface area (Å²) in [4.78, 5) is 24.9. The van der Waals surface area contributed by atoms with E-state index >= 15 is 0 Å². The Bertz CT molecular complexity index is 885. The first kappa shape index (κ1) is 22.4. The van der Waals surface area contributed by atoms with E-state index in [4.69, 9.17) is 9.47 Å². The van der Waals surface area contributed by atoms with E-state index in [9.17, 15) is 9.59 Å². The molecule has 0 heterocycles. The molecule has 0 aromatic heterocycles. The van der Waals surface area contributed by atoms with E-state index in [1.54, 1.807) is 43.5 Å². The number of methoxy groups -OCH3 is 2. The van der Waals surface area contributed by atoms with Crippen LogP contribution in [0.15, 0.2) is 52.0 Å². The Morgan fingerprint density at radius 2 is 1.72 bits per heavy atom. The Balaban J connectivity index is 2.09. The predicted molar refractivity (Wildman–Crippen MR) is 116 cm³/mol. The summed E-state index contributed by atoms with van der Waals surface area (Å²) in [6, 6.07) is 11.5. The summed E-state index contributed by atoms with van der Waals surface area (Å²) in [6.07, 6.45) is 1.47. The van der Waals surface area contributed by atoms with Gasteiger partial charge in [-0.05, 0) is 40.0 Å². The van der Waals surface area contributed by atoms with Gasteiger partial charge < -0.3 is 14.8 Å². The van der Waals surface area contributed by atoms with Crippen LogP contribution in [0.2, 0.25) is 0 Å². The van der Waals surface area contributed by atoms with E-state index in [0.717, 1.165) is 4.47 Å². The van der Waals surface area contributed by atoms with Gasteiger partial charge in [-0.25, -0.2) is 5.43 Å². The molecule has 154 valence electrons. The van der Waals surface area contributed by atoms with Gasteiger partial charge in [0.15, 0.2) is 0 Å². The molecule has 8 heteroatoms. The topological polar surface area (TPSA) is 89.0 Å². The number of carbonyl (C=O) groups excluding carboxylic acids is 2. The van der Waals surface area contributed by atoms with Crippen molar-refractivity contribution in [2.75, 3.05) is 14.2 Å². The summed E-state index contributed by atoms with van der Waals surface area (Å²) in [7, 11) is 3.09. The minimum Gasteiger partial charge on any atom is -0.496 e. The van der Waals surface area contributed by atoms with Crippen molar-refractivity contribution in [3.8, 4) is 11.5 Å². The first-order valence-corrected chi connectivity index (χ1v) is 9.77. The first-order valence-electron chi connectivity index (χ1n) is 8.97. The molecular formula is C21H24BrN3O4. The lowest BCUT2D eigenvalue weighted by Crippen LogP contribution is -2.48. The normalized spacial score (nSPS) is 11.9. The number of nitrogens with zero attached hydrogens (tertiary/aromatic N) is 1. The Kier molecular flexibility index (Phi) is 8.21. The van der Waals surface area contributed by atoms with Crippen LogP contribution < -0.4 is 20.2 Å². The van der Waals surface area contributed by atoms with Crippen LogP contribution in [-0.4, -0.2) is 38.3 Å². The molecule has 2 rings (SSSR count). The van der Waals surface area contributed by atoms with E-state index < -0.39 is 11.9 Å². The highest BCUT2D eigenvalue weighted by Crippen LogP contribution is 2.31. The Morgan fingerprint density at radius 3 is 2.31 bits per heavy atom. The molecule has 0 saturated carbocycles. The Morgan fingerprint density at radius 1 is 1.07 bits per heavy atom. The van der Waals surface area contributed by atoms with Crippen LogP contribution >= 0.6 is 15.9 Å². The average Bonchev–Trinajstić information content (AvgIpc) is 2.72. The van der Waals surface area contributed by atoms with Gasteiger partial charge in [0, 0.05) is 17.2 Å². The third kappa shape index (κ3) is 6.05. The second-order valence-electron chi connectivity index (χ2n) is 6.52. The van der Waals surface area contributed by atoms with Gasteiger partial charge in [0.2, 0.25) is 0 Å². The molecule has 2 aromatic carbocycles. The molecule has 0 fully saturated rings. The van der Waals surface area contributed by atoms with Gasteiger partial charge in [0.25, 0.3) is 11.8 Å². The lowest BCUT2D eigenvalue weighted by atomic mass is 10.0. The molecule has 2 aromatic rings. The number of halogens is 1. The molecule has 7 nitrogen and oxygen atoms in total. The summed E-state index contributed by atoms with van der Waals surface area (Å²) < 4.78 is 11.3. The van der Waals surface area contributed by atoms with E-state index in [-0.39, 0.29) is 11.8 Å². The fourth-order valence-corrected chi connectivity index (χ4v) is 3.09. The van der Waals surface area contributed by atoms with Crippen molar-refractivity contribution in [3.05, 3.63) is 58.1 Å². The Labute approximate surface area is 178 Å². The maximum atomic E-state index is 12.6. The molecule has 1 unspecified atom stereocenters. The van der Waals surface area contributed by atoms with E-state index in [2.05, 4.69) is 31.8 Å². The average molecular weight is 462 g/mol. The van der Waals surface area contributed by atoms with Crippen LogP contribution in [-0.2, 0) is 4.79 Å². The smallest absolute Gasteiger partial charge is 0.262 e. The zero-order valence-electron chi connectivity index (χ0n) is 16.7. The summed E-state index contributed by atoms with van der Waals surface area (Å²) >= 11 is 3.41. The maximum absolute atomic E-state index is 12.6. The number of rotatable bonds is 8. The van der Waals surface area contributed by atoms with Gasteiger partial charge in [-0.2, -0.15) is 5.10 Å². The number of nitrogens with one attached hydrogen (secondary N) is 2. The van der Waals surface area contributed by atoms with Crippen molar-refractivity contribution >= 4 is 34.0 Å². The Hall–Kier alpha value is -2.87. The van der Waals surface area contributed by atoms with Crippen LogP contribution in [0, 0.1) is 5.92 Å². The third-order valence-corrected chi connectivity index (χ3v) is 4.77. The minimum atomic E-state index is -0.732. The van der Waals surface area contributed by atoms with E-state index in [0.29, 0.717) is 22.6 Å². The first-order chi connectivity index (χ1) is 13.9. The number of hydrogen-bond acceptors (Lipinski definition) is 5. The van der Waals surface area contributed by atoms with Gasteiger partial charge in [-0.15, -0.1) is 0 Å². The SMILES string of the molecule is COc1cc(OC)c(C=NNC(=O)C(NC(=O)c2ccccc2)C(C)C)cc1Br. The van der Waals surface area contributed by atoms with Gasteiger partial charge in [-0.1, -0.05) is 32.0 Å². The molecule has 0 aliphatic heterocycles. The minimum absolute atomic E-state index is 0.123. The molecule has 2 amide bonds. The van der Waals surface area contributed by atoms with Crippen molar-refractivity contribution < 1.29 is 19.1 Å². The van der Waals surface area contributed by atoms with Gasteiger partial charge in [0.05, 0.1) is 24.9 Å². The van der Waals surface area contributed by atoms with Gasteiger partial charge in [-0.3, -0.25) is 9.59 Å². The van der Waals surface area contributed by atoms with Gasteiger partial charge >= 0.3 is 0 Å². The fraction of sp³-hybridized carbons (Fsp3) is 0.286. The van der Waals surface area contributed by atoms with Crippen LogP contribution in [0.25, 0.3) is 0 Å². The molecule has 0 aliphatic carbocycles. The lowest BCUT2D eigenvalue weighted by molar-refractivity contribution is -0.123. The number of ether oxygens (including phenoxy) is 2.